The lowest BCUT2D eigenvalue weighted by molar-refractivity contribution is -0.119. The Labute approximate surface area is 87.1 Å². The summed E-state index contributed by atoms with van der Waals surface area (Å²) in [6.07, 6.45) is 0.976. The average molecular weight is 211 g/mol. The Morgan fingerprint density at radius 3 is 2.57 bits per heavy atom. The third-order valence-corrected chi connectivity index (χ3v) is 1.80. The van der Waals surface area contributed by atoms with Crippen molar-refractivity contribution in [3.05, 3.63) is 35.7 Å². The Kier molecular flexibility index (Phi) is 3.65. The first-order chi connectivity index (χ1) is 6.59. The van der Waals surface area contributed by atoms with E-state index in [1.807, 2.05) is 0 Å². The minimum absolute atomic E-state index is 0.297. The predicted molar refractivity (Wildman–Crippen MR) is 55.1 cm³/mol. The fraction of sp³-hybridized carbons (Fsp3) is 0.100. The van der Waals surface area contributed by atoms with E-state index < -0.39 is 5.91 Å². The van der Waals surface area contributed by atoms with Gasteiger partial charge in [0.1, 0.15) is 12.2 Å². The van der Waals surface area contributed by atoms with Crippen LogP contribution >= 0.6 is 11.6 Å². The number of carbonyl (C=O) groups excluding carboxylic acids is 2. The molecule has 0 aliphatic heterocycles. The number of Topliss-reactive ketones (excluding diaryl/α,β-unsaturated/α-hetero) is 1. The van der Waals surface area contributed by atoms with E-state index in [0.29, 0.717) is 10.7 Å². The van der Waals surface area contributed by atoms with Crippen LogP contribution in [0.1, 0.15) is 6.92 Å². The van der Waals surface area contributed by atoms with Crippen molar-refractivity contribution in [3.8, 4) is 0 Å². The van der Waals surface area contributed by atoms with Gasteiger partial charge in [0.15, 0.2) is 0 Å². The molecule has 0 atom stereocenters. The van der Waals surface area contributed by atoms with Crippen LogP contribution in [0.2, 0.25) is 5.02 Å². The van der Waals surface area contributed by atoms with E-state index in [9.17, 15) is 9.59 Å². The average Bonchev–Trinajstić information content (AvgIpc) is 2.07. The molecule has 0 spiro atoms. The normalized spacial score (nSPS) is 9.57. The summed E-state index contributed by atoms with van der Waals surface area (Å²) in [7, 11) is 0. The van der Waals surface area contributed by atoms with Crippen molar-refractivity contribution in [2.45, 2.75) is 6.92 Å². The van der Waals surface area contributed by atoms with Crippen LogP contribution in [-0.4, -0.2) is 11.7 Å². The zero-order valence-corrected chi connectivity index (χ0v) is 8.34. The zero-order valence-electron chi connectivity index (χ0n) is 7.58. The molecule has 73 valence electrons. The molecule has 0 aliphatic rings. The lowest BCUT2D eigenvalue weighted by atomic mass is 10.2. The predicted octanol–water partition coefficient (Wildman–Crippen LogP) is 2.07. The third-order valence-electron chi connectivity index (χ3n) is 1.47. The molecule has 0 saturated carbocycles. The van der Waals surface area contributed by atoms with Gasteiger partial charge in [0.2, 0.25) is 5.91 Å². The quantitative estimate of drug-likeness (QED) is 0.777. The molecule has 3 nitrogen and oxygen atoms in total. The number of ketones is 1. The number of rotatable bonds is 3. The number of benzene rings is 1. The summed E-state index contributed by atoms with van der Waals surface area (Å²) in [6.45, 7) is 1.31. The van der Waals surface area contributed by atoms with E-state index in [-0.39, 0.29) is 5.78 Å². The molecule has 14 heavy (non-hydrogen) atoms. The number of carbonyl (C=O) groups is 2. The highest BCUT2D eigenvalue weighted by molar-refractivity contribution is 6.34. The van der Waals surface area contributed by atoms with Crippen molar-refractivity contribution < 1.29 is 9.59 Å². The number of para-hydroxylation sites is 1. The van der Waals surface area contributed by atoms with Gasteiger partial charge in [0.05, 0.1) is 10.7 Å². The second kappa shape index (κ2) is 4.77. The first-order valence-electron chi connectivity index (χ1n) is 4.00. The summed E-state index contributed by atoms with van der Waals surface area (Å²) in [5, 5.41) is 2.94. The molecule has 1 radical (unpaired) electrons. The minimum Gasteiger partial charge on any atom is -0.324 e. The van der Waals surface area contributed by atoms with Gasteiger partial charge in [-0.1, -0.05) is 23.7 Å². The summed E-state index contributed by atoms with van der Waals surface area (Å²) >= 11 is 5.79. The lowest BCUT2D eigenvalue weighted by Gasteiger charge is -2.04. The highest BCUT2D eigenvalue weighted by atomic mass is 35.5. The molecule has 1 rings (SSSR count). The van der Waals surface area contributed by atoms with E-state index in [2.05, 4.69) is 5.32 Å². The minimum atomic E-state index is -0.467. The van der Waals surface area contributed by atoms with Gasteiger partial charge < -0.3 is 5.32 Å². The molecule has 1 N–H and O–H groups in total. The van der Waals surface area contributed by atoms with E-state index >= 15 is 0 Å². The van der Waals surface area contributed by atoms with Crippen LogP contribution in [0.15, 0.2) is 24.3 Å². The molecule has 1 amide bonds. The van der Waals surface area contributed by atoms with Crippen LogP contribution in [-0.2, 0) is 9.59 Å². The van der Waals surface area contributed by atoms with Crippen molar-refractivity contribution in [2.75, 3.05) is 5.32 Å². The van der Waals surface area contributed by atoms with Gasteiger partial charge >= 0.3 is 0 Å². The monoisotopic (exact) mass is 210 g/mol. The first-order valence-corrected chi connectivity index (χ1v) is 4.38. The Bertz CT molecular complexity index is 363. The van der Waals surface area contributed by atoms with Gasteiger partial charge in [-0.15, -0.1) is 0 Å². The van der Waals surface area contributed by atoms with E-state index in [4.69, 9.17) is 11.6 Å². The van der Waals surface area contributed by atoms with E-state index in [1.165, 1.54) is 6.92 Å². The number of amides is 1. The van der Waals surface area contributed by atoms with Crippen LogP contribution in [0.4, 0.5) is 5.69 Å². The van der Waals surface area contributed by atoms with Crippen LogP contribution in [0.5, 0.6) is 0 Å². The Morgan fingerprint density at radius 1 is 1.36 bits per heavy atom. The molecular formula is C10H9ClNO2. The van der Waals surface area contributed by atoms with E-state index in [0.717, 1.165) is 6.42 Å². The maximum Gasteiger partial charge on any atom is 0.236 e. The molecular weight excluding hydrogens is 202 g/mol. The van der Waals surface area contributed by atoms with E-state index in [1.54, 1.807) is 24.3 Å². The van der Waals surface area contributed by atoms with Gasteiger partial charge in [-0.3, -0.25) is 9.59 Å². The molecule has 1 aromatic rings. The smallest absolute Gasteiger partial charge is 0.236 e. The summed E-state index contributed by atoms with van der Waals surface area (Å²) < 4.78 is 0. The summed E-state index contributed by atoms with van der Waals surface area (Å²) in [4.78, 5) is 21.7. The van der Waals surface area contributed by atoms with Crippen LogP contribution < -0.4 is 5.32 Å². The molecule has 1 aromatic carbocycles. The van der Waals surface area contributed by atoms with Crippen LogP contribution in [0.25, 0.3) is 0 Å². The fourth-order valence-corrected chi connectivity index (χ4v) is 1.10. The van der Waals surface area contributed by atoms with Crippen molar-refractivity contribution in [1.29, 1.82) is 0 Å². The number of halogens is 1. The topological polar surface area (TPSA) is 46.2 Å². The summed E-state index contributed by atoms with van der Waals surface area (Å²) in [5.74, 6) is -0.764. The Balaban J connectivity index is 2.65. The SMILES string of the molecule is CC(=O)[CH]C(=O)Nc1ccccc1Cl. The van der Waals surface area contributed by atoms with Crippen molar-refractivity contribution >= 4 is 29.0 Å². The fourth-order valence-electron chi connectivity index (χ4n) is 0.916. The summed E-state index contributed by atoms with van der Waals surface area (Å²) in [6, 6.07) is 6.82. The number of anilines is 1. The van der Waals surface area contributed by atoms with Gasteiger partial charge in [-0.05, 0) is 19.1 Å². The Morgan fingerprint density at radius 2 is 2.00 bits per heavy atom. The van der Waals surface area contributed by atoms with Gasteiger partial charge in [0.25, 0.3) is 0 Å². The molecule has 0 saturated heterocycles. The first kappa shape index (κ1) is 10.7. The second-order valence-corrected chi connectivity index (χ2v) is 3.13. The number of hydrogen-bond donors (Lipinski definition) is 1. The highest BCUT2D eigenvalue weighted by Gasteiger charge is 2.07. The lowest BCUT2D eigenvalue weighted by Crippen LogP contribution is -2.15. The highest BCUT2D eigenvalue weighted by Crippen LogP contribution is 2.20. The molecule has 0 bridgehead atoms. The molecule has 4 heteroatoms. The van der Waals surface area contributed by atoms with Crippen LogP contribution in [0.3, 0.4) is 0 Å². The molecule has 0 aromatic heterocycles. The number of hydrogen-bond acceptors (Lipinski definition) is 2. The summed E-state index contributed by atoms with van der Waals surface area (Å²) in [5.41, 5.74) is 0.497. The third kappa shape index (κ3) is 3.18. The molecule has 0 heterocycles. The van der Waals surface area contributed by atoms with Crippen molar-refractivity contribution in [2.24, 2.45) is 0 Å². The van der Waals surface area contributed by atoms with Crippen molar-refractivity contribution in [1.82, 2.24) is 0 Å². The standard InChI is InChI=1S/C10H9ClNO2/c1-7(13)6-10(14)12-9-5-3-2-4-8(9)11/h2-6H,1H3,(H,12,14). The van der Waals surface area contributed by atoms with Gasteiger partial charge in [-0.25, -0.2) is 0 Å². The largest absolute Gasteiger partial charge is 0.324 e. The molecule has 0 unspecified atom stereocenters. The maximum atomic E-state index is 11.1. The molecule has 0 aliphatic carbocycles. The number of nitrogens with one attached hydrogen (secondary N) is 1. The zero-order chi connectivity index (χ0) is 10.6. The van der Waals surface area contributed by atoms with Gasteiger partial charge in [0, 0.05) is 0 Å². The Hall–Kier alpha value is -1.35. The van der Waals surface area contributed by atoms with Crippen LogP contribution in [0, 0.1) is 6.42 Å². The molecule has 0 fully saturated rings. The van der Waals surface area contributed by atoms with Crippen molar-refractivity contribution in [3.63, 3.8) is 0 Å². The van der Waals surface area contributed by atoms with Gasteiger partial charge in [-0.2, -0.15) is 0 Å². The maximum absolute atomic E-state index is 11.1. The second-order valence-electron chi connectivity index (χ2n) is 2.72.